The lowest BCUT2D eigenvalue weighted by Gasteiger charge is -2.24. The molecule has 3 aromatic rings. The van der Waals surface area contributed by atoms with Gasteiger partial charge in [-0.15, -0.1) is 0 Å². The van der Waals surface area contributed by atoms with Crippen LogP contribution in [0.25, 0.3) is 11.0 Å². The molecule has 1 aliphatic rings. The highest BCUT2D eigenvalue weighted by Crippen LogP contribution is 2.38. The maximum absolute atomic E-state index is 13.2. The molecule has 26 heavy (non-hydrogen) atoms. The molecule has 0 bridgehead atoms. The number of aryl methyl sites for hydroxylation is 1. The molecule has 2 heterocycles. The molecule has 0 radical (unpaired) electrons. The topological polar surface area (TPSA) is 70.8 Å². The van der Waals surface area contributed by atoms with Gasteiger partial charge in [-0.25, -0.2) is 0 Å². The molecular weight excluding hydrogens is 330 g/mol. The normalized spacial score (nSPS) is 16.3. The van der Waals surface area contributed by atoms with Crippen molar-refractivity contribution in [2.24, 2.45) is 0 Å². The summed E-state index contributed by atoms with van der Waals surface area (Å²) in [4.78, 5) is 27.8. The van der Waals surface area contributed by atoms with Crippen molar-refractivity contribution >= 4 is 16.9 Å². The van der Waals surface area contributed by atoms with Crippen LogP contribution in [0.3, 0.4) is 0 Å². The zero-order valence-electron chi connectivity index (χ0n) is 14.4. The van der Waals surface area contributed by atoms with Crippen LogP contribution >= 0.6 is 0 Å². The molecule has 0 unspecified atom stereocenters. The molecule has 5 nitrogen and oxygen atoms in total. The lowest BCUT2D eigenvalue weighted by atomic mass is 9.98. The van der Waals surface area contributed by atoms with Gasteiger partial charge in [-0.1, -0.05) is 42.0 Å². The summed E-state index contributed by atoms with van der Waals surface area (Å²) in [5.74, 6) is -0.194. The van der Waals surface area contributed by atoms with Gasteiger partial charge in [0.1, 0.15) is 5.58 Å². The minimum Gasteiger partial charge on any atom is -0.450 e. The first-order chi connectivity index (χ1) is 12.6. The van der Waals surface area contributed by atoms with Gasteiger partial charge < -0.3 is 14.4 Å². The minimum atomic E-state index is -0.494. The van der Waals surface area contributed by atoms with Gasteiger partial charge in [-0.2, -0.15) is 0 Å². The van der Waals surface area contributed by atoms with Crippen LogP contribution in [0.2, 0.25) is 0 Å². The molecule has 0 fully saturated rings. The highest BCUT2D eigenvalue weighted by molar-refractivity contribution is 5.99. The summed E-state index contributed by atoms with van der Waals surface area (Å²) in [6, 6.07) is 14.4. The van der Waals surface area contributed by atoms with Gasteiger partial charge in [0.2, 0.25) is 5.76 Å². The number of benzene rings is 2. The van der Waals surface area contributed by atoms with Gasteiger partial charge in [0.05, 0.1) is 17.0 Å². The molecule has 1 aliphatic heterocycles. The van der Waals surface area contributed by atoms with Crippen molar-refractivity contribution in [2.45, 2.75) is 19.4 Å². The second kappa shape index (κ2) is 6.42. The van der Waals surface area contributed by atoms with Crippen LogP contribution in [0.1, 0.15) is 39.7 Å². The lowest BCUT2D eigenvalue weighted by molar-refractivity contribution is 0.0716. The fourth-order valence-electron chi connectivity index (χ4n) is 3.59. The maximum atomic E-state index is 13.2. The highest BCUT2D eigenvalue weighted by atomic mass is 16.3. The Morgan fingerprint density at radius 1 is 1.12 bits per heavy atom. The van der Waals surface area contributed by atoms with Crippen molar-refractivity contribution in [3.63, 3.8) is 0 Å². The Labute approximate surface area is 150 Å². The molecule has 0 aliphatic carbocycles. The third kappa shape index (κ3) is 2.52. The SMILES string of the molecule is Cc1ccc2oc3c(c(=O)c2c1)[C@H](c1ccccc1)N(CCCO)C3=O. The standard InChI is InChI=1S/C21H19NO4/c1-13-8-9-16-15(12-13)19(24)17-18(14-6-3-2-4-7-14)22(10-5-11-23)21(25)20(17)26-16/h2-4,6-9,12,18,23H,5,10-11H2,1H3/t18-/m0/s1. The van der Waals surface area contributed by atoms with Crippen molar-refractivity contribution in [3.05, 3.63) is 81.2 Å². The molecule has 1 aromatic heterocycles. The highest BCUT2D eigenvalue weighted by Gasteiger charge is 2.42. The fourth-order valence-corrected chi connectivity index (χ4v) is 3.59. The van der Waals surface area contributed by atoms with Crippen molar-refractivity contribution in [2.75, 3.05) is 13.2 Å². The third-order valence-electron chi connectivity index (χ3n) is 4.79. The van der Waals surface area contributed by atoms with Crippen LogP contribution in [0, 0.1) is 6.92 Å². The second-order valence-corrected chi connectivity index (χ2v) is 6.56. The van der Waals surface area contributed by atoms with Crippen molar-refractivity contribution in [3.8, 4) is 0 Å². The first-order valence-electron chi connectivity index (χ1n) is 8.66. The largest absolute Gasteiger partial charge is 0.450 e. The fraction of sp³-hybridized carbons (Fsp3) is 0.238. The van der Waals surface area contributed by atoms with Crippen LogP contribution in [0.15, 0.2) is 57.7 Å². The second-order valence-electron chi connectivity index (χ2n) is 6.56. The predicted octanol–water partition coefficient (Wildman–Crippen LogP) is 3.03. The Kier molecular flexibility index (Phi) is 4.09. The Balaban J connectivity index is 1.98. The maximum Gasteiger partial charge on any atom is 0.290 e. The molecule has 0 spiro atoms. The van der Waals surface area contributed by atoms with E-state index in [0.29, 0.717) is 29.5 Å². The summed E-state index contributed by atoms with van der Waals surface area (Å²) in [5.41, 5.74) is 2.46. The smallest absolute Gasteiger partial charge is 0.290 e. The number of carbonyl (C=O) groups is 1. The summed E-state index contributed by atoms with van der Waals surface area (Å²) in [5, 5.41) is 9.69. The van der Waals surface area contributed by atoms with E-state index >= 15 is 0 Å². The van der Waals surface area contributed by atoms with Crippen molar-refractivity contribution < 1.29 is 14.3 Å². The van der Waals surface area contributed by atoms with E-state index in [1.54, 1.807) is 17.0 Å². The molecule has 1 atom stereocenters. The molecule has 0 saturated carbocycles. The van der Waals surface area contributed by atoms with Gasteiger partial charge in [0.15, 0.2) is 5.43 Å². The zero-order chi connectivity index (χ0) is 18.3. The van der Waals surface area contributed by atoms with Gasteiger partial charge in [0, 0.05) is 13.2 Å². The number of fused-ring (bicyclic) bond motifs is 2. The molecule has 4 rings (SSSR count). The quantitative estimate of drug-likeness (QED) is 0.786. The van der Waals surface area contributed by atoms with E-state index < -0.39 is 6.04 Å². The van der Waals surface area contributed by atoms with Gasteiger partial charge in [0.25, 0.3) is 5.91 Å². The van der Waals surface area contributed by atoms with Crippen LogP contribution in [0.4, 0.5) is 0 Å². The average Bonchev–Trinajstić information content (AvgIpc) is 2.94. The number of nitrogens with zero attached hydrogens (tertiary/aromatic N) is 1. The van der Waals surface area contributed by atoms with E-state index in [1.165, 1.54) is 0 Å². The van der Waals surface area contributed by atoms with E-state index in [9.17, 15) is 14.7 Å². The molecule has 2 aromatic carbocycles. The lowest BCUT2D eigenvalue weighted by Crippen LogP contribution is -2.31. The molecule has 1 N–H and O–H groups in total. The van der Waals surface area contributed by atoms with Crippen molar-refractivity contribution in [1.29, 1.82) is 0 Å². The average molecular weight is 349 g/mol. The Morgan fingerprint density at radius 2 is 1.88 bits per heavy atom. The van der Waals surface area contributed by atoms with Crippen LogP contribution in [-0.4, -0.2) is 29.1 Å². The number of carbonyl (C=O) groups excluding carboxylic acids is 1. The van der Waals surface area contributed by atoms with Gasteiger partial charge in [-0.3, -0.25) is 9.59 Å². The Bertz CT molecular complexity index is 1040. The Hall–Kier alpha value is -2.92. The number of aliphatic hydroxyl groups is 1. The summed E-state index contributed by atoms with van der Waals surface area (Å²) in [6.07, 6.45) is 0.440. The summed E-state index contributed by atoms with van der Waals surface area (Å²) in [7, 11) is 0. The number of aliphatic hydroxyl groups excluding tert-OH is 1. The van der Waals surface area contributed by atoms with E-state index in [4.69, 9.17) is 4.42 Å². The number of amides is 1. The molecule has 5 heteroatoms. The molecular formula is C21H19NO4. The summed E-state index contributed by atoms with van der Waals surface area (Å²) in [6.45, 7) is 2.25. The third-order valence-corrected chi connectivity index (χ3v) is 4.79. The van der Waals surface area contributed by atoms with Gasteiger partial charge in [-0.05, 0) is 31.0 Å². The number of hydrogen-bond donors (Lipinski definition) is 1. The van der Waals surface area contributed by atoms with E-state index in [-0.39, 0.29) is 23.7 Å². The van der Waals surface area contributed by atoms with E-state index in [1.807, 2.05) is 43.3 Å². The van der Waals surface area contributed by atoms with E-state index in [2.05, 4.69) is 0 Å². The summed E-state index contributed by atoms with van der Waals surface area (Å²) < 4.78 is 5.86. The minimum absolute atomic E-state index is 0.0236. The number of hydrogen-bond acceptors (Lipinski definition) is 4. The van der Waals surface area contributed by atoms with Crippen molar-refractivity contribution in [1.82, 2.24) is 4.90 Å². The zero-order valence-corrected chi connectivity index (χ0v) is 14.4. The van der Waals surface area contributed by atoms with Crippen LogP contribution < -0.4 is 5.43 Å². The molecule has 132 valence electrons. The van der Waals surface area contributed by atoms with Crippen LogP contribution in [0.5, 0.6) is 0 Å². The first kappa shape index (κ1) is 16.5. The Morgan fingerprint density at radius 3 is 2.62 bits per heavy atom. The van der Waals surface area contributed by atoms with E-state index in [0.717, 1.165) is 11.1 Å². The summed E-state index contributed by atoms with van der Waals surface area (Å²) >= 11 is 0. The number of rotatable bonds is 4. The molecule has 0 saturated heterocycles. The first-order valence-corrected chi connectivity index (χ1v) is 8.66. The molecule has 1 amide bonds. The predicted molar refractivity (Wildman–Crippen MR) is 98.2 cm³/mol. The van der Waals surface area contributed by atoms with Crippen LogP contribution in [-0.2, 0) is 0 Å². The van der Waals surface area contributed by atoms with Gasteiger partial charge >= 0.3 is 0 Å². The monoisotopic (exact) mass is 349 g/mol.